The van der Waals surface area contributed by atoms with Crippen molar-refractivity contribution in [3.63, 3.8) is 0 Å². The van der Waals surface area contributed by atoms with Gasteiger partial charge in [0.25, 0.3) is 0 Å². The number of nitrogens with two attached hydrogens (primary N) is 1. The van der Waals surface area contributed by atoms with Gasteiger partial charge in [0, 0.05) is 18.2 Å². The fourth-order valence-corrected chi connectivity index (χ4v) is 2.81. The van der Waals surface area contributed by atoms with Crippen LogP contribution in [0.15, 0.2) is 39.9 Å². The molecule has 21 heavy (non-hydrogen) atoms. The van der Waals surface area contributed by atoms with Crippen LogP contribution in [0.4, 0.5) is 0 Å². The summed E-state index contributed by atoms with van der Waals surface area (Å²) in [4.78, 5) is 0.134. The van der Waals surface area contributed by atoms with Crippen molar-refractivity contribution in [3.05, 3.63) is 41.8 Å². The number of benzene rings is 1. The van der Waals surface area contributed by atoms with Gasteiger partial charge in [-0.25, -0.2) is 13.1 Å². The lowest BCUT2D eigenvalue weighted by Gasteiger charge is -2.11. The molecule has 1 heterocycles. The second-order valence-electron chi connectivity index (χ2n) is 4.22. The van der Waals surface area contributed by atoms with E-state index in [4.69, 9.17) is 10.5 Å². The summed E-state index contributed by atoms with van der Waals surface area (Å²) in [5.41, 5.74) is 6.77. The lowest BCUT2D eigenvalue weighted by atomic mass is 10.2. The number of nitrogens with zero attached hydrogens (tertiary/aromatic N) is 1. The van der Waals surface area contributed by atoms with Crippen LogP contribution >= 0.6 is 0 Å². The summed E-state index contributed by atoms with van der Waals surface area (Å²) in [5.74, 6) is 0.593. The van der Waals surface area contributed by atoms with Crippen molar-refractivity contribution in [2.24, 2.45) is 5.73 Å². The quantitative estimate of drug-likeness (QED) is 0.790. The maximum atomic E-state index is 12.2. The minimum Gasteiger partial charge on any atom is -0.494 e. The zero-order chi connectivity index (χ0) is 15.3. The molecule has 0 bridgehead atoms. The van der Waals surface area contributed by atoms with Crippen LogP contribution < -0.4 is 15.2 Å². The molecule has 0 aliphatic carbocycles. The Morgan fingerprint density at radius 3 is 2.81 bits per heavy atom. The van der Waals surface area contributed by atoms with E-state index in [9.17, 15) is 8.42 Å². The third kappa shape index (κ3) is 3.81. The molecule has 0 spiro atoms. The topological polar surface area (TPSA) is 107 Å². The van der Waals surface area contributed by atoms with E-state index in [0.29, 0.717) is 23.6 Å². The maximum Gasteiger partial charge on any atom is 0.240 e. The first-order chi connectivity index (χ1) is 10.1. The van der Waals surface area contributed by atoms with Crippen molar-refractivity contribution >= 4 is 10.0 Å². The maximum absolute atomic E-state index is 12.2. The number of sulfonamides is 1. The smallest absolute Gasteiger partial charge is 0.240 e. The molecule has 114 valence electrons. The molecule has 0 fully saturated rings. The van der Waals surface area contributed by atoms with E-state index in [1.165, 1.54) is 18.4 Å². The first-order valence-corrected chi connectivity index (χ1v) is 7.90. The lowest BCUT2D eigenvalue weighted by Crippen LogP contribution is -2.23. The predicted octanol–water partition coefficient (Wildman–Crippen LogP) is 1.01. The minimum absolute atomic E-state index is 0.0595. The highest BCUT2D eigenvalue weighted by Crippen LogP contribution is 2.22. The summed E-state index contributed by atoms with van der Waals surface area (Å²) in [5, 5.41) is 3.64. The van der Waals surface area contributed by atoms with E-state index in [0.717, 1.165) is 0 Å². The van der Waals surface area contributed by atoms with Gasteiger partial charge in [-0.15, -0.1) is 0 Å². The first-order valence-electron chi connectivity index (χ1n) is 6.41. The molecular weight excluding hydrogens is 294 g/mol. The number of aromatic nitrogens is 1. The van der Waals surface area contributed by atoms with Crippen LogP contribution in [0.25, 0.3) is 0 Å². The van der Waals surface area contributed by atoms with Crippen LogP contribution in [-0.2, 0) is 23.1 Å². The van der Waals surface area contributed by atoms with Crippen LogP contribution in [0.1, 0.15) is 18.2 Å². The summed E-state index contributed by atoms with van der Waals surface area (Å²) in [6, 6.07) is 6.19. The Balaban J connectivity index is 2.19. The van der Waals surface area contributed by atoms with Crippen molar-refractivity contribution in [3.8, 4) is 5.75 Å². The van der Waals surface area contributed by atoms with Crippen molar-refractivity contribution in [2.45, 2.75) is 24.9 Å². The van der Waals surface area contributed by atoms with Crippen molar-refractivity contribution in [1.29, 1.82) is 0 Å². The number of hydrogen-bond donors (Lipinski definition) is 2. The SMILES string of the molecule is CCOc1ccc(S(=O)(=O)NCc2ccon2)cc1CN. The molecule has 7 nitrogen and oxygen atoms in total. The Hall–Kier alpha value is -1.90. The van der Waals surface area contributed by atoms with Gasteiger partial charge >= 0.3 is 0 Å². The first kappa shape index (κ1) is 15.5. The van der Waals surface area contributed by atoms with E-state index in [2.05, 4.69) is 14.4 Å². The predicted molar refractivity (Wildman–Crippen MR) is 76.0 cm³/mol. The fourth-order valence-electron chi connectivity index (χ4n) is 1.76. The summed E-state index contributed by atoms with van der Waals surface area (Å²) in [6.45, 7) is 2.60. The largest absolute Gasteiger partial charge is 0.494 e. The average molecular weight is 311 g/mol. The van der Waals surface area contributed by atoms with Crippen LogP contribution in [-0.4, -0.2) is 20.2 Å². The molecule has 0 unspecified atom stereocenters. The highest BCUT2D eigenvalue weighted by molar-refractivity contribution is 7.89. The second-order valence-corrected chi connectivity index (χ2v) is 5.99. The summed E-state index contributed by atoms with van der Waals surface area (Å²) in [7, 11) is -3.64. The van der Waals surface area contributed by atoms with Crippen LogP contribution in [0, 0.1) is 0 Å². The molecular formula is C13H17N3O4S. The summed E-state index contributed by atoms with van der Waals surface area (Å²) < 4.78 is 36.9. The Morgan fingerprint density at radius 2 is 2.19 bits per heavy atom. The average Bonchev–Trinajstić information content (AvgIpc) is 2.99. The minimum atomic E-state index is -3.64. The number of ether oxygens (including phenoxy) is 1. The van der Waals surface area contributed by atoms with Gasteiger partial charge < -0.3 is 15.0 Å². The third-order valence-electron chi connectivity index (χ3n) is 2.80. The van der Waals surface area contributed by atoms with Gasteiger partial charge in [-0.1, -0.05) is 5.16 Å². The van der Waals surface area contributed by atoms with Crippen LogP contribution in [0.5, 0.6) is 5.75 Å². The molecule has 3 N–H and O–H groups in total. The zero-order valence-corrected chi connectivity index (χ0v) is 12.4. The molecule has 8 heteroatoms. The molecule has 1 aromatic heterocycles. The summed E-state index contributed by atoms with van der Waals surface area (Å²) >= 11 is 0. The van der Waals surface area contributed by atoms with Gasteiger partial charge in [0.1, 0.15) is 12.0 Å². The highest BCUT2D eigenvalue weighted by Gasteiger charge is 2.16. The number of nitrogens with one attached hydrogen (secondary N) is 1. The van der Waals surface area contributed by atoms with Crippen molar-refractivity contribution < 1.29 is 17.7 Å². The van der Waals surface area contributed by atoms with Gasteiger partial charge in [-0.3, -0.25) is 0 Å². The van der Waals surface area contributed by atoms with E-state index in [-0.39, 0.29) is 18.0 Å². The molecule has 1 aromatic carbocycles. The molecule has 0 saturated heterocycles. The lowest BCUT2D eigenvalue weighted by molar-refractivity contribution is 0.336. The fraction of sp³-hybridized carbons (Fsp3) is 0.308. The Bertz CT molecular complexity index is 683. The van der Waals surface area contributed by atoms with Crippen LogP contribution in [0.3, 0.4) is 0 Å². The van der Waals surface area contributed by atoms with Crippen molar-refractivity contribution in [1.82, 2.24) is 9.88 Å². The standard InChI is InChI=1S/C13H17N3O4S/c1-2-19-13-4-3-12(7-10(13)8-14)21(17,18)15-9-11-5-6-20-16-11/h3-7,15H,2,8-9,14H2,1H3. The van der Waals surface area contributed by atoms with Crippen LogP contribution in [0.2, 0.25) is 0 Å². The monoisotopic (exact) mass is 311 g/mol. The molecule has 0 radical (unpaired) electrons. The molecule has 0 atom stereocenters. The normalized spacial score (nSPS) is 11.5. The summed E-state index contributed by atoms with van der Waals surface area (Å²) in [6.07, 6.45) is 1.38. The van der Waals surface area contributed by atoms with Gasteiger partial charge in [-0.2, -0.15) is 0 Å². The van der Waals surface area contributed by atoms with E-state index < -0.39 is 10.0 Å². The van der Waals surface area contributed by atoms with Gasteiger partial charge in [0.15, 0.2) is 0 Å². The molecule has 0 aliphatic rings. The molecule has 0 saturated carbocycles. The zero-order valence-electron chi connectivity index (χ0n) is 11.6. The number of rotatable bonds is 7. The molecule has 0 aliphatic heterocycles. The Kier molecular flexibility index (Phi) is 4.94. The van der Waals surface area contributed by atoms with E-state index in [1.54, 1.807) is 12.1 Å². The van der Waals surface area contributed by atoms with Crippen molar-refractivity contribution in [2.75, 3.05) is 6.61 Å². The Labute approximate surface area is 123 Å². The molecule has 2 rings (SSSR count). The molecule has 0 amide bonds. The third-order valence-corrected chi connectivity index (χ3v) is 4.20. The van der Waals surface area contributed by atoms with E-state index in [1.807, 2.05) is 6.92 Å². The van der Waals surface area contributed by atoms with E-state index >= 15 is 0 Å². The van der Waals surface area contributed by atoms with Gasteiger partial charge in [-0.05, 0) is 25.1 Å². The van der Waals surface area contributed by atoms with Gasteiger partial charge in [0.05, 0.1) is 23.7 Å². The highest BCUT2D eigenvalue weighted by atomic mass is 32.2. The number of hydrogen-bond acceptors (Lipinski definition) is 6. The van der Waals surface area contributed by atoms with Gasteiger partial charge in [0.2, 0.25) is 10.0 Å². The molecule has 2 aromatic rings. The second kappa shape index (κ2) is 6.70. The Morgan fingerprint density at radius 1 is 1.38 bits per heavy atom.